The highest BCUT2D eigenvalue weighted by Gasteiger charge is 2.12. The molecule has 0 aliphatic carbocycles. The van der Waals surface area contributed by atoms with E-state index in [-0.39, 0.29) is 54.7 Å². The van der Waals surface area contributed by atoms with Gasteiger partial charge in [-0.15, -0.1) is 24.8 Å². The number of carbonyl (C=O) groups excluding carboxylic acids is 6. The van der Waals surface area contributed by atoms with E-state index in [9.17, 15) is 33.9 Å². The van der Waals surface area contributed by atoms with Crippen molar-refractivity contribution in [3.63, 3.8) is 0 Å². The van der Waals surface area contributed by atoms with Crippen LogP contribution in [0.4, 0.5) is 10.5 Å². The van der Waals surface area contributed by atoms with Crippen molar-refractivity contribution >= 4 is 94.6 Å². The molecule has 0 aliphatic heterocycles. The first-order valence-electron chi connectivity index (χ1n) is 42.9. The quantitative estimate of drug-likeness (QED) is 0.0136. The van der Waals surface area contributed by atoms with E-state index < -0.39 is 0 Å². The number of aliphatic hydroxyl groups is 1. The average molecular weight is 1670 g/mol. The van der Waals surface area contributed by atoms with Crippen molar-refractivity contribution in [3.8, 4) is 0 Å². The lowest BCUT2D eigenvalue weighted by Crippen LogP contribution is -2.29. The number of urea groups is 1. The Morgan fingerprint density at radius 1 is 0.359 bits per heavy atom. The molecule has 0 saturated heterocycles. The number of aliphatic hydroxyl groups excluding tert-OH is 1. The van der Waals surface area contributed by atoms with Crippen LogP contribution in [0, 0.1) is 0 Å². The molecule has 0 aliphatic rings. The van der Waals surface area contributed by atoms with Gasteiger partial charge in [-0.25, -0.2) is 4.79 Å². The molecule has 16 nitrogen and oxygen atoms in total. The number of ether oxygens (including phenoxy) is 2. The summed E-state index contributed by atoms with van der Waals surface area (Å²) >= 11 is 5.84. The maximum absolute atomic E-state index is 11.9. The van der Waals surface area contributed by atoms with Crippen molar-refractivity contribution < 1.29 is 43.3 Å². The smallest absolute Gasteiger partial charge is 0.319 e. The van der Waals surface area contributed by atoms with E-state index in [1.54, 1.807) is 31.2 Å². The standard InChI is InChI=1S/C23H31NO.C23H29NO.C19H21NO2.C17H25ClN2O2.C10H21NO.C6H13NO2.2ClH/c2*1-2-3-4-11-17-22(25)18-12-19-24-23(20-13-7-5-8-14-20)21-15-9-6-10-16-21;1-2-22-18(21)14-9-15-20-19(16-10-5-3-6-11-16)17-12-7-4-8-13-17;1-2-3-4-5-10-16(21)11-7-12-19-17(22)20-15-9-6-8-14(18)13-15;1-2-3-4-5-7-10(12)8-6-9-11;1-2-9-6(8)4-3-5-7;;/h5-10,13-16,22,25H,2-4,11-12,17-19H2,1H3;5-10,13-16H,2-4,11-12,17-19H2,1H3;3-8,10-13H,2,9,14-15H2,1H3;6,8-9,13H,2-5,7,10-12H2,1H3,(H2,19,20,22);2-9,11H2,1H3;2-5,7H2,1H3;2*1H. The van der Waals surface area contributed by atoms with Gasteiger partial charge in [0.05, 0.1) is 36.5 Å². The first-order valence-corrected chi connectivity index (χ1v) is 43.2. The molecule has 644 valence electrons. The highest BCUT2D eigenvalue weighted by molar-refractivity contribution is 6.31. The molecule has 1 unspecified atom stereocenters. The Bertz CT molecular complexity index is 3570. The zero-order valence-electron chi connectivity index (χ0n) is 71.4. The Kier molecular flexibility index (Phi) is 70.7. The molecule has 0 radical (unpaired) electrons. The predicted molar refractivity (Wildman–Crippen MR) is 496 cm³/mol. The minimum absolute atomic E-state index is 0. The van der Waals surface area contributed by atoms with Crippen LogP contribution in [0.5, 0.6) is 0 Å². The minimum atomic E-state index is -0.280. The third kappa shape index (κ3) is 58.1. The monoisotopic (exact) mass is 1670 g/mol. The van der Waals surface area contributed by atoms with E-state index in [0.717, 1.165) is 141 Å². The number of hydrogen-bond donors (Lipinski definition) is 5. The van der Waals surface area contributed by atoms with Crippen molar-refractivity contribution in [2.75, 3.05) is 57.8 Å². The van der Waals surface area contributed by atoms with Crippen LogP contribution in [-0.4, -0.2) is 116 Å². The normalized spacial score (nSPS) is 10.3. The molecule has 7 N–H and O–H groups in total. The Balaban J connectivity index is 0.00000141. The van der Waals surface area contributed by atoms with Crippen LogP contribution in [0.25, 0.3) is 0 Å². The van der Waals surface area contributed by atoms with Gasteiger partial charge in [-0.2, -0.15) is 0 Å². The molecular formula is C98H142Cl3N7O9. The van der Waals surface area contributed by atoms with Gasteiger partial charge in [-0.05, 0) is 116 Å². The number of unbranched alkanes of at least 4 members (excludes halogenated alkanes) is 12. The number of nitrogens with zero attached hydrogens (tertiary/aromatic N) is 3. The van der Waals surface area contributed by atoms with Gasteiger partial charge in [0.1, 0.15) is 17.3 Å². The molecule has 19 heteroatoms. The number of nitrogens with one attached hydrogen (secondary N) is 2. The van der Waals surface area contributed by atoms with Crippen LogP contribution in [0.15, 0.2) is 221 Å². The number of Topliss-reactive ketones (excluding diaryl/α,β-unsaturated/α-hetero) is 3. The maximum Gasteiger partial charge on any atom is 0.319 e. The van der Waals surface area contributed by atoms with E-state index in [1.807, 2.05) is 116 Å². The number of benzene rings is 7. The number of amides is 2. The second-order valence-corrected chi connectivity index (χ2v) is 28.6. The summed E-state index contributed by atoms with van der Waals surface area (Å²) in [6, 6.07) is 68.1. The fraction of sp³-hybridized carbons (Fsp3) is 0.480. The maximum atomic E-state index is 11.9. The van der Waals surface area contributed by atoms with E-state index in [0.29, 0.717) is 120 Å². The van der Waals surface area contributed by atoms with Crippen LogP contribution < -0.4 is 22.1 Å². The zero-order chi connectivity index (χ0) is 83.7. The first kappa shape index (κ1) is 109. The van der Waals surface area contributed by atoms with Crippen molar-refractivity contribution in [1.82, 2.24) is 5.32 Å². The molecule has 7 rings (SSSR count). The van der Waals surface area contributed by atoms with Crippen molar-refractivity contribution in [2.45, 2.75) is 253 Å². The number of nitrogens with two attached hydrogens (primary N) is 2. The molecule has 0 fully saturated rings. The molecule has 7 aromatic rings. The lowest BCUT2D eigenvalue weighted by atomic mass is 10.0. The Labute approximate surface area is 720 Å². The highest BCUT2D eigenvalue weighted by atomic mass is 35.5. The van der Waals surface area contributed by atoms with Gasteiger partial charge >= 0.3 is 18.0 Å². The van der Waals surface area contributed by atoms with Gasteiger partial charge in [0.15, 0.2) is 0 Å². The SMILES string of the molecule is CCCCCCC(=O)CCCN.CCCCCCC(=O)CCCN=C(c1ccccc1)c1ccccc1.CCCCCCC(=O)CCCNC(=O)Nc1cccc(Cl)c1.CCCCCCC(O)CCCN=C(c1ccccc1)c1ccccc1.CCOC(=O)CCCN.CCOC(=O)CCCN=C(c1ccccc1)c1ccccc1.Cl.Cl. The number of hydrogen-bond acceptors (Lipinski definition) is 14. The van der Waals surface area contributed by atoms with Crippen molar-refractivity contribution in [2.24, 2.45) is 26.4 Å². The predicted octanol–water partition coefficient (Wildman–Crippen LogP) is 23.5. The average Bonchev–Trinajstić information content (AvgIpc) is 0.864. The molecule has 1 atom stereocenters. The molecule has 2 amide bonds. The number of rotatable bonds is 51. The second kappa shape index (κ2) is 76.2. The summed E-state index contributed by atoms with van der Waals surface area (Å²) in [4.78, 5) is 82.6. The van der Waals surface area contributed by atoms with E-state index in [2.05, 4.69) is 116 Å². The molecule has 0 bridgehead atoms. The third-order valence-corrected chi connectivity index (χ3v) is 18.4. The third-order valence-electron chi connectivity index (χ3n) is 18.1. The topological polar surface area (TPSA) is 254 Å². The lowest BCUT2D eigenvalue weighted by Gasteiger charge is -2.10. The Morgan fingerprint density at radius 2 is 0.658 bits per heavy atom. The van der Waals surface area contributed by atoms with Crippen LogP contribution in [0.1, 0.15) is 280 Å². The second-order valence-electron chi connectivity index (χ2n) is 28.2. The Morgan fingerprint density at radius 3 is 1.00 bits per heavy atom. The van der Waals surface area contributed by atoms with E-state index in [1.165, 1.54) is 70.6 Å². The largest absolute Gasteiger partial charge is 0.466 e. The lowest BCUT2D eigenvalue weighted by molar-refractivity contribution is -0.144. The molecule has 7 aromatic carbocycles. The van der Waals surface area contributed by atoms with Gasteiger partial charge in [0.2, 0.25) is 0 Å². The van der Waals surface area contributed by atoms with E-state index in [4.69, 9.17) is 42.8 Å². The number of esters is 2. The molecule has 0 saturated carbocycles. The first-order chi connectivity index (χ1) is 56.2. The molecule has 0 spiro atoms. The number of anilines is 1. The summed E-state index contributed by atoms with van der Waals surface area (Å²) in [5.74, 6) is 0.749. The van der Waals surface area contributed by atoms with Gasteiger partial charge in [-0.3, -0.25) is 38.9 Å². The summed E-state index contributed by atoms with van der Waals surface area (Å²) in [5.41, 5.74) is 20.8. The molecule has 117 heavy (non-hydrogen) atoms. The van der Waals surface area contributed by atoms with Gasteiger partial charge < -0.3 is 36.7 Å². The minimum Gasteiger partial charge on any atom is -0.466 e. The summed E-state index contributed by atoms with van der Waals surface area (Å²) in [6.07, 6.45) is 29.9. The van der Waals surface area contributed by atoms with Crippen LogP contribution in [0.2, 0.25) is 5.02 Å². The van der Waals surface area contributed by atoms with Crippen LogP contribution in [-0.2, 0) is 33.4 Å². The fourth-order valence-corrected chi connectivity index (χ4v) is 12.0. The van der Waals surface area contributed by atoms with Crippen molar-refractivity contribution in [1.29, 1.82) is 0 Å². The fourth-order valence-electron chi connectivity index (χ4n) is 11.8. The van der Waals surface area contributed by atoms with Crippen molar-refractivity contribution in [3.05, 3.63) is 245 Å². The summed E-state index contributed by atoms with van der Waals surface area (Å²) < 4.78 is 9.58. The molecule has 0 aromatic heterocycles. The number of halogens is 3. The van der Waals surface area contributed by atoms with Crippen LogP contribution in [0.3, 0.4) is 0 Å². The summed E-state index contributed by atoms with van der Waals surface area (Å²) in [7, 11) is 0. The van der Waals surface area contributed by atoms with Gasteiger partial charge in [0, 0.05) is 122 Å². The Hall–Kier alpha value is -8.48. The summed E-state index contributed by atoms with van der Waals surface area (Å²) in [5, 5.41) is 16.1. The number of carbonyl (C=O) groups is 6. The number of ketones is 3. The van der Waals surface area contributed by atoms with Crippen LogP contribution >= 0.6 is 36.4 Å². The zero-order valence-corrected chi connectivity index (χ0v) is 73.8. The summed E-state index contributed by atoms with van der Waals surface area (Å²) in [6.45, 7) is 17.0. The molecule has 0 heterocycles. The number of aliphatic imine (C=N–C) groups is 3. The molecular weight excluding hydrogens is 1530 g/mol. The highest BCUT2D eigenvalue weighted by Crippen LogP contribution is 2.19. The van der Waals surface area contributed by atoms with E-state index >= 15 is 0 Å². The van der Waals surface area contributed by atoms with Gasteiger partial charge in [0.25, 0.3) is 0 Å². The van der Waals surface area contributed by atoms with Gasteiger partial charge in [-0.1, -0.05) is 311 Å².